The minimum absolute atomic E-state index is 0.0742. The van der Waals surface area contributed by atoms with E-state index in [1.165, 1.54) is 5.56 Å². The van der Waals surface area contributed by atoms with Crippen molar-refractivity contribution < 1.29 is 9.53 Å². The molecule has 1 N–H and O–H groups in total. The predicted molar refractivity (Wildman–Crippen MR) is 93.6 cm³/mol. The zero-order valence-corrected chi connectivity index (χ0v) is 14.3. The highest BCUT2D eigenvalue weighted by Gasteiger charge is 2.18. The molecule has 0 fully saturated rings. The minimum atomic E-state index is -0.472. The molecule has 2 aromatic rings. The Hall–Kier alpha value is -2.29. The van der Waals surface area contributed by atoms with E-state index in [4.69, 9.17) is 4.74 Å². The molecule has 0 aromatic heterocycles. The Balaban J connectivity index is 1.99. The summed E-state index contributed by atoms with van der Waals surface area (Å²) in [7, 11) is 0. The van der Waals surface area contributed by atoms with Gasteiger partial charge in [-0.1, -0.05) is 37.3 Å². The van der Waals surface area contributed by atoms with E-state index < -0.39 is 6.10 Å². The van der Waals surface area contributed by atoms with Gasteiger partial charge in [-0.15, -0.1) is 0 Å². The van der Waals surface area contributed by atoms with Crippen LogP contribution in [0.2, 0.25) is 0 Å². The van der Waals surface area contributed by atoms with Crippen molar-refractivity contribution in [2.24, 2.45) is 0 Å². The maximum absolute atomic E-state index is 12.4. The minimum Gasteiger partial charge on any atom is -0.481 e. The van der Waals surface area contributed by atoms with Crippen LogP contribution in [0.25, 0.3) is 0 Å². The first-order valence-corrected chi connectivity index (χ1v) is 8.06. The molecule has 0 bridgehead atoms. The van der Waals surface area contributed by atoms with Gasteiger partial charge in [0.1, 0.15) is 5.75 Å². The predicted octanol–water partition coefficient (Wildman–Crippen LogP) is 4.09. The lowest BCUT2D eigenvalue weighted by Crippen LogP contribution is -2.37. The Morgan fingerprint density at radius 3 is 2.35 bits per heavy atom. The smallest absolute Gasteiger partial charge is 0.261 e. The molecule has 2 aromatic carbocycles. The molecule has 0 aliphatic rings. The molecule has 0 heterocycles. The Kier molecular flexibility index (Phi) is 5.80. The van der Waals surface area contributed by atoms with Crippen LogP contribution in [-0.4, -0.2) is 12.0 Å². The number of benzene rings is 2. The van der Waals surface area contributed by atoms with E-state index in [1.807, 2.05) is 64.1 Å². The van der Waals surface area contributed by atoms with Crippen LogP contribution in [0, 0.1) is 20.8 Å². The normalized spacial score (nSPS) is 11.8. The Labute approximate surface area is 138 Å². The molecule has 3 nitrogen and oxygen atoms in total. The summed E-state index contributed by atoms with van der Waals surface area (Å²) in [5.41, 5.74) is 4.57. The van der Waals surface area contributed by atoms with E-state index in [-0.39, 0.29) is 5.91 Å². The summed E-state index contributed by atoms with van der Waals surface area (Å²) in [6, 6.07) is 14.1. The van der Waals surface area contributed by atoms with Crippen molar-refractivity contribution in [2.45, 2.75) is 46.8 Å². The monoisotopic (exact) mass is 311 g/mol. The lowest BCUT2D eigenvalue weighted by molar-refractivity contribution is -0.128. The first-order valence-electron chi connectivity index (χ1n) is 8.06. The largest absolute Gasteiger partial charge is 0.481 e. The SMILES string of the molecule is CC[C@H](Oc1cc(C)cc(C)c1)C(=O)NCc1ccccc1C. The highest BCUT2D eigenvalue weighted by atomic mass is 16.5. The van der Waals surface area contributed by atoms with Crippen molar-refractivity contribution in [3.05, 3.63) is 64.7 Å². The molecule has 0 aliphatic carbocycles. The number of carbonyl (C=O) groups excluding carboxylic acids is 1. The molecule has 0 saturated carbocycles. The van der Waals surface area contributed by atoms with Crippen molar-refractivity contribution >= 4 is 5.91 Å². The third-order valence-corrected chi connectivity index (χ3v) is 3.85. The first-order chi connectivity index (χ1) is 11.0. The third kappa shape index (κ3) is 4.85. The van der Waals surface area contributed by atoms with Crippen molar-refractivity contribution in [2.75, 3.05) is 0 Å². The van der Waals surface area contributed by atoms with Crippen molar-refractivity contribution in [1.82, 2.24) is 5.32 Å². The summed E-state index contributed by atoms with van der Waals surface area (Å²) in [6.45, 7) is 8.59. The average Bonchev–Trinajstić information content (AvgIpc) is 2.50. The van der Waals surface area contributed by atoms with Crippen LogP contribution in [0.1, 0.15) is 35.6 Å². The molecule has 23 heavy (non-hydrogen) atoms. The average molecular weight is 311 g/mol. The fourth-order valence-electron chi connectivity index (χ4n) is 2.59. The summed E-state index contributed by atoms with van der Waals surface area (Å²) in [6.07, 6.45) is 0.160. The highest BCUT2D eigenvalue weighted by molar-refractivity contribution is 5.81. The van der Waals surface area contributed by atoms with E-state index in [9.17, 15) is 4.79 Å². The quantitative estimate of drug-likeness (QED) is 0.872. The first kappa shape index (κ1) is 17.1. The van der Waals surface area contributed by atoms with Crippen LogP contribution in [0.15, 0.2) is 42.5 Å². The van der Waals surface area contributed by atoms with Crippen LogP contribution >= 0.6 is 0 Å². The van der Waals surface area contributed by atoms with Gasteiger partial charge < -0.3 is 10.1 Å². The van der Waals surface area contributed by atoms with E-state index in [0.29, 0.717) is 13.0 Å². The number of aryl methyl sites for hydroxylation is 3. The topological polar surface area (TPSA) is 38.3 Å². The Morgan fingerprint density at radius 2 is 1.74 bits per heavy atom. The molecular formula is C20H25NO2. The van der Waals surface area contributed by atoms with Gasteiger partial charge in [0.15, 0.2) is 6.10 Å². The van der Waals surface area contributed by atoms with Gasteiger partial charge in [0.05, 0.1) is 0 Å². The van der Waals surface area contributed by atoms with Crippen LogP contribution in [0.4, 0.5) is 0 Å². The number of rotatable bonds is 6. The summed E-state index contributed by atoms with van der Waals surface area (Å²) >= 11 is 0. The number of nitrogens with one attached hydrogen (secondary N) is 1. The Morgan fingerprint density at radius 1 is 1.09 bits per heavy atom. The number of hydrogen-bond donors (Lipinski definition) is 1. The molecule has 3 heteroatoms. The maximum atomic E-state index is 12.4. The van der Waals surface area contributed by atoms with E-state index >= 15 is 0 Å². The van der Waals surface area contributed by atoms with Gasteiger partial charge in [-0.05, 0) is 61.6 Å². The van der Waals surface area contributed by atoms with Gasteiger partial charge in [-0.2, -0.15) is 0 Å². The van der Waals surface area contributed by atoms with E-state index in [0.717, 1.165) is 22.4 Å². The van der Waals surface area contributed by atoms with Crippen molar-refractivity contribution in [3.8, 4) is 5.75 Å². The number of ether oxygens (including phenoxy) is 1. The van der Waals surface area contributed by atoms with Crippen molar-refractivity contribution in [1.29, 1.82) is 0 Å². The van der Waals surface area contributed by atoms with Gasteiger partial charge in [0, 0.05) is 6.54 Å². The molecule has 1 atom stereocenters. The fourth-order valence-corrected chi connectivity index (χ4v) is 2.59. The van der Waals surface area contributed by atoms with Gasteiger partial charge in [0.25, 0.3) is 5.91 Å². The number of amides is 1. The van der Waals surface area contributed by atoms with Crippen molar-refractivity contribution in [3.63, 3.8) is 0 Å². The summed E-state index contributed by atoms with van der Waals surface area (Å²) in [4.78, 5) is 12.4. The van der Waals surface area contributed by atoms with Gasteiger partial charge in [0.2, 0.25) is 0 Å². The van der Waals surface area contributed by atoms with Gasteiger partial charge in [-0.25, -0.2) is 0 Å². The second-order valence-corrected chi connectivity index (χ2v) is 5.98. The zero-order valence-electron chi connectivity index (χ0n) is 14.3. The highest BCUT2D eigenvalue weighted by Crippen LogP contribution is 2.18. The summed E-state index contributed by atoms with van der Waals surface area (Å²) in [5.74, 6) is 0.676. The second kappa shape index (κ2) is 7.82. The lowest BCUT2D eigenvalue weighted by Gasteiger charge is -2.18. The molecule has 0 saturated heterocycles. The second-order valence-electron chi connectivity index (χ2n) is 5.98. The number of hydrogen-bond acceptors (Lipinski definition) is 2. The summed E-state index contributed by atoms with van der Waals surface area (Å²) < 4.78 is 5.89. The molecule has 122 valence electrons. The maximum Gasteiger partial charge on any atom is 0.261 e. The van der Waals surface area contributed by atoms with Crippen LogP contribution in [-0.2, 0) is 11.3 Å². The standard InChI is InChI=1S/C20H25NO2/c1-5-19(23-18-11-14(2)10-15(3)12-18)20(22)21-13-17-9-7-6-8-16(17)4/h6-12,19H,5,13H2,1-4H3,(H,21,22)/t19-/m0/s1. The van der Waals surface area contributed by atoms with E-state index in [2.05, 4.69) is 11.4 Å². The number of carbonyl (C=O) groups is 1. The summed E-state index contributed by atoms with van der Waals surface area (Å²) in [5, 5.41) is 2.98. The fraction of sp³-hybridized carbons (Fsp3) is 0.350. The Bertz CT molecular complexity index is 659. The molecule has 0 radical (unpaired) electrons. The molecule has 0 aliphatic heterocycles. The third-order valence-electron chi connectivity index (χ3n) is 3.85. The van der Waals surface area contributed by atoms with Gasteiger partial charge >= 0.3 is 0 Å². The lowest BCUT2D eigenvalue weighted by atomic mass is 10.1. The van der Waals surface area contributed by atoms with Crippen LogP contribution in [0.3, 0.4) is 0 Å². The molecule has 1 amide bonds. The molecular weight excluding hydrogens is 286 g/mol. The van der Waals surface area contributed by atoms with Crippen LogP contribution < -0.4 is 10.1 Å². The van der Waals surface area contributed by atoms with E-state index in [1.54, 1.807) is 0 Å². The molecule has 0 spiro atoms. The molecule has 0 unspecified atom stereocenters. The van der Waals surface area contributed by atoms with Gasteiger partial charge in [-0.3, -0.25) is 4.79 Å². The zero-order chi connectivity index (χ0) is 16.8. The van der Waals surface area contributed by atoms with Crippen LogP contribution in [0.5, 0.6) is 5.75 Å². The molecule has 2 rings (SSSR count).